The molecule has 0 aliphatic carbocycles. The van der Waals surface area contributed by atoms with Gasteiger partial charge in [-0.3, -0.25) is 0 Å². The second-order valence-corrected chi connectivity index (χ2v) is 11.1. The van der Waals surface area contributed by atoms with Gasteiger partial charge < -0.3 is 4.42 Å². The number of rotatable bonds is 1. The molecule has 5 heteroatoms. The van der Waals surface area contributed by atoms with Crippen LogP contribution in [0.4, 0.5) is 0 Å². The van der Waals surface area contributed by atoms with Crippen LogP contribution in [0.2, 0.25) is 0 Å². The van der Waals surface area contributed by atoms with Crippen LogP contribution in [0.5, 0.6) is 0 Å². The summed E-state index contributed by atoms with van der Waals surface area (Å²) in [6.07, 6.45) is 1.61. The minimum Gasteiger partial charge on any atom is -0.438 e. The standard InChI is InChI=1S/C25H20N2OS2/c1-13-7-15-9-17-19(11-20(15)30-13)28-24-21(17)22(26-12-27-24)16-8-14-5-6-29-23(14)18(10-16)25(2,3)4/h5-12H,1-4H3. The van der Waals surface area contributed by atoms with Crippen molar-refractivity contribution in [2.45, 2.75) is 33.1 Å². The van der Waals surface area contributed by atoms with Gasteiger partial charge in [0.15, 0.2) is 0 Å². The summed E-state index contributed by atoms with van der Waals surface area (Å²) in [4.78, 5) is 10.5. The number of benzene rings is 2. The lowest BCUT2D eigenvalue weighted by Crippen LogP contribution is -2.11. The van der Waals surface area contributed by atoms with E-state index in [0.29, 0.717) is 5.71 Å². The third-order valence-corrected chi connectivity index (χ3v) is 7.64. The van der Waals surface area contributed by atoms with Gasteiger partial charge in [-0.15, -0.1) is 22.7 Å². The Balaban J connectivity index is 1.71. The highest BCUT2D eigenvalue weighted by Gasteiger charge is 2.22. The molecule has 0 unspecified atom stereocenters. The summed E-state index contributed by atoms with van der Waals surface area (Å²) in [5, 5.41) is 6.74. The largest absolute Gasteiger partial charge is 0.438 e. The van der Waals surface area contributed by atoms with Crippen LogP contribution in [0, 0.1) is 6.92 Å². The van der Waals surface area contributed by atoms with Crippen molar-refractivity contribution in [2.75, 3.05) is 0 Å². The normalized spacial score (nSPS) is 12.7. The van der Waals surface area contributed by atoms with Crippen LogP contribution in [-0.2, 0) is 5.41 Å². The summed E-state index contributed by atoms with van der Waals surface area (Å²) in [6, 6.07) is 13.3. The number of furan rings is 1. The molecule has 0 spiro atoms. The number of aryl methyl sites for hydroxylation is 1. The van der Waals surface area contributed by atoms with E-state index in [-0.39, 0.29) is 5.41 Å². The topological polar surface area (TPSA) is 38.9 Å². The van der Waals surface area contributed by atoms with E-state index in [9.17, 15) is 0 Å². The van der Waals surface area contributed by atoms with Crippen LogP contribution in [0.15, 0.2) is 52.5 Å². The van der Waals surface area contributed by atoms with E-state index in [4.69, 9.17) is 9.40 Å². The van der Waals surface area contributed by atoms with Gasteiger partial charge in [0.25, 0.3) is 0 Å². The van der Waals surface area contributed by atoms with E-state index in [2.05, 4.69) is 74.5 Å². The van der Waals surface area contributed by atoms with Crippen molar-refractivity contribution in [3.63, 3.8) is 0 Å². The summed E-state index contributed by atoms with van der Waals surface area (Å²) >= 11 is 3.60. The van der Waals surface area contributed by atoms with Gasteiger partial charge in [-0.25, -0.2) is 9.97 Å². The molecule has 2 aromatic carbocycles. The lowest BCUT2D eigenvalue weighted by Gasteiger charge is -2.21. The molecule has 0 radical (unpaired) electrons. The molecule has 3 nitrogen and oxygen atoms in total. The molecule has 6 rings (SSSR count). The van der Waals surface area contributed by atoms with Crippen molar-refractivity contribution < 1.29 is 4.42 Å². The zero-order valence-corrected chi connectivity index (χ0v) is 18.9. The molecule has 0 amide bonds. The van der Waals surface area contributed by atoms with E-state index in [0.717, 1.165) is 27.6 Å². The molecule has 0 atom stereocenters. The predicted molar refractivity (Wildman–Crippen MR) is 129 cm³/mol. The average molecular weight is 429 g/mol. The second kappa shape index (κ2) is 6.13. The van der Waals surface area contributed by atoms with E-state index in [1.54, 1.807) is 29.0 Å². The van der Waals surface area contributed by atoms with Crippen molar-refractivity contribution >= 4 is 64.9 Å². The van der Waals surface area contributed by atoms with Gasteiger partial charge in [-0.2, -0.15) is 0 Å². The first-order valence-corrected chi connectivity index (χ1v) is 11.7. The zero-order chi connectivity index (χ0) is 20.6. The van der Waals surface area contributed by atoms with E-state index in [1.165, 1.54) is 30.6 Å². The van der Waals surface area contributed by atoms with Crippen molar-refractivity contribution in [3.8, 4) is 11.3 Å². The summed E-state index contributed by atoms with van der Waals surface area (Å²) in [7, 11) is 0. The zero-order valence-electron chi connectivity index (χ0n) is 17.2. The fourth-order valence-electron chi connectivity index (χ4n) is 4.27. The molecule has 0 aliphatic heterocycles. The molecule has 30 heavy (non-hydrogen) atoms. The second-order valence-electron chi connectivity index (χ2n) is 8.86. The Kier molecular flexibility index (Phi) is 3.68. The maximum atomic E-state index is 6.16. The first-order valence-electron chi connectivity index (χ1n) is 9.98. The molecule has 6 aromatic rings. The van der Waals surface area contributed by atoms with Crippen LogP contribution >= 0.6 is 22.7 Å². The van der Waals surface area contributed by atoms with E-state index >= 15 is 0 Å². The van der Waals surface area contributed by atoms with Crippen molar-refractivity contribution in [3.05, 3.63) is 58.5 Å². The van der Waals surface area contributed by atoms with Crippen molar-refractivity contribution in [2.24, 2.45) is 0 Å². The number of hydrogen-bond acceptors (Lipinski definition) is 5. The molecular weight excluding hydrogens is 408 g/mol. The average Bonchev–Trinajstić information content (AvgIpc) is 3.39. The van der Waals surface area contributed by atoms with Gasteiger partial charge in [0.05, 0.1) is 11.1 Å². The van der Waals surface area contributed by atoms with Gasteiger partial charge in [0, 0.05) is 25.2 Å². The molecule has 0 N–H and O–H groups in total. The quantitative estimate of drug-likeness (QED) is 0.266. The van der Waals surface area contributed by atoms with Gasteiger partial charge in [0.2, 0.25) is 5.71 Å². The van der Waals surface area contributed by atoms with Crippen molar-refractivity contribution in [1.82, 2.24) is 9.97 Å². The van der Waals surface area contributed by atoms with Crippen LogP contribution in [-0.4, -0.2) is 9.97 Å². The molecule has 148 valence electrons. The number of aromatic nitrogens is 2. The van der Waals surface area contributed by atoms with Crippen LogP contribution in [0.25, 0.3) is 53.5 Å². The number of thiophene rings is 2. The maximum Gasteiger partial charge on any atom is 0.230 e. The minimum atomic E-state index is 0.0457. The monoisotopic (exact) mass is 428 g/mol. The third-order valence-electron chi connectivity index (χ3n) is 5.66. The smallest absolute Gasteiger partial charge is 0.230 e. The molecule has 4 heterocycles. The molecule has 0 saturated heterocycles. The lowest BCUT2D eigenvalue weighted by atomic mass is 9.85. The Morgan fingerprint density at radius 2 is 1.83 bits per heavy atom. The third kappa shape index (κ3) is 2.62. The first-order chi connectivity index (χ1) is 14.4. The number of hydrogen-bond donors (Lipinski definition) is 0. The fourth-order valence-corrected chi connectivity index (χ4v) is 6.31. The highest BCUT2D eigenvalue weighted by Crippen LogP contribution is 2.41. The van der Waals surface area contributed by atoms with Gasteiger partial charge in [-0.05, 0) is 70.5 Å². The molecular formula is C25H20N2OS2. The number of fused-ring (bicyclic) bond motifs is 5. The number of nitrogens with zero attached hydrogens (tertiary/aromatic N) is 2. The summed E-state index contributed by atoms with van der Waals surface area (Å²) in [5.74, 6) is 0. The predicted octanol–water partition coefficient (Wildman–Crippen LogP) is 8.08. The van der Waals surface area contributed by atoms with Crippen LogP contribution < -0.4 is 0 Å². The van der Waals surface area contributed by atoms with Gasteiger partial charge in [-0.1, -0.05) is 20.8 Å². The minimum absolute atomic E-state index is 0.0457. The van der Waals surface area contributed by atoms with E-state index in [1.807, 2.05) is 0 Å². The Labute approximate surface area is 182 Å². The summed E-state index contributed by atoms with van der Waals surface area (Å²) in [5.41, 5.74) is 4.96. The first kappa shape index (κ1) is 18.0. The molecule has 4 aromatic heterocycles. The Bertz CT molecular complexity index is 1590. The Morgan fingerprint density at radius 1 is 0.967 bits per heavy atom. The van der Waals surface area contributed by atoms with Crippen LogP contribution in [0.3, 0.4) is 0 Å². The highest BCUT2D eigenvalue weighted by molar-refractivity contribution is 7.19. The van der Waals surface area contributed by atoms with Crippen molar-refractivity contribution in [1.29, 1.82) is 0 Å². The molecule has 0 aliphatic rings. The summed E-state index contributed by atoms with van der Waals surface area (Å²) in [6.45, 7) is 8.94. The Morgan fingerprint density at radius 3 is 2.67 bits per heavy atom. The molecule has 0 saturated carbocycles. The summed E-state index contributed by atoms with van der Waals surface area (Å²) < 4.78 is 8.75. The lowest BCUT2D eigenvalue weighted by molar-refractivity contribution is 0.597. The Hall–Kier alpha value is -2.76. The van der Waals surface area contributed by atoms with Gasteiger partial charge in [0.1, 0.15) is 11.9 Å². The SMILES string of the molecule is Cc1cc2cc3c(cc2s1)oc1ncnc(-c2cc(C(C)(C)C)c4sccc4c2)c13. The van der Waals surface area contributed by atoms with E-state index < -0.39 is 0 Å². The maximum absolute atomic E-state index is 6.16. The highest BCUT2D eigenvalue weighted by atomic mass is 32.1. The van der Waals surface area contributed by atoms with Gasteiger partial charge >= 0.3 is 0 Å². The van der Waals surface area contributed by atoms with Crippen LogP contribution in [0.1, 0.15) is 31.2 Å². The molecule has 0 fully saturated rings. The fraction of sp³-hybridized carbons (Fsp3) is 0.200. The molecule has 0 bridgehead atoms.